The molecule has 0 radical (unpaired) electrons. The van der Waals surface area contributed by atoms with Crippen LogP contribution in [0.4, 0.5) is 10.1 Å². The molecule has 4 nitrogen and oxygen atoms in total. The molecule has 0 amide bonds. The number of halogens is 1. The number of hydrogen-bond acceptors (Lipinski definition) is 3. The topological polar surface area (TPSA) is 46.6 Å². The third-order valence-electron chi connectivity index (χ3n) is 3.39. The van der Waals surface area contributed by atoms with Crippen molar-refractivity contribution in [3.8, 4) is 5.75 Å². The summed E-state index contributed by atoms with van der Waals surface area (Å²) in [6, 6.07) is 10.7. The van der Waals surface area contributed by atoms with E-state index in [2.05, 4.69) is 0 Å². The van der Waals surface area contributed by atoms with Gasteiger partial charge in [-0.15, -0.1) is 0 Å². The van der Waals surface area contributed by atoms with Crippen LogP contribution in [0.1, 0.15) is 5.56 Å². The Morgan fingerprint density at radius 3 is 2.71 bits per heavy atom. The summed E-state index contributed by atoms with van der Waals surface area (Å²) in [6.45, 7) is 2.11. The summed E-state index contributed by atoms with van der Waals surface area (Å²) in [5.74, 6) is 0.0842. The molecule has 0 saturated carbocycles. The normalized spacial score (nSPS) is 14.5. The van der Waals surface area contributed by atoms with Gasteiger partial charge in [-0.05, 0) is 42.8 Å². The first-order valence-corrected chi connectivity index (χ1v) is 7.95. The van der Waals surface area contributed by atoms with E-state index in [1.165, 1.54) is 16.4 Å². The van der Waals surface area contributed by atoms with Gasteiger partial charge >= 0.3 is 0 Å². The van der Waals surface area contributed by atoms with E-state index in [1.54, 1.807) is 31.2 Å². The van der Waals surface area contributed by atoms with Crippen LogP contribution < -0.4 is 9.04 Å². The smallest absolute Gasteiger partial charge is 0.264 e. The Morgan fingerprint density at radius 2 is 1.95 bits per heavy atom. The van der Waals surface area contributed by atoms with E-state index >= 15 is 0 Å². The standard InChI is InChI=1S/C15H14FNO3S/c1-11-10-12(16)6-7-15(11)21(18,19)17-8-9-20-14-5-3-2-4-13(14)17/h2-7,10H,8-9H2,1H3. The monoisotopic (exact) mass is 307 g/mol. The Labute approximate surface area is 122 Å². The van der Waals surface area contributed by atoms with Crippen molar-refractivity contribution in [2.24, 2.45) is 0 Å². The van der Waals surface area contributed by atoms with Crippen LogP contribution in [0.3, 0.4) is 0 Å². The van der Waals surface area contributed by atoms with Gasteiger partial charge < -0.3 is 4.74 Å². The lowest BCUT2D eigenvalue weighted by atomic mass is 10.2. The lowest BCUT2D eigenvalue weighted by Crippen LogP contribution is -2.38. The van der Waals surface area contributed by atoms with Crippen LogP contribution in [-0.2, 0) is 10.0 Å². The Morgan fingerprint density at radius 1 is 1.19 bits per heavy atom. The molecule has 0 aromatic heterocycles. The maximum absolute atomic E-state index is 13.2. The molecule has 21 heavy (non-hydrogen) atoms. The van der Waals surface area contributed by atoms with Gasteiger partial charge in [0.05, 0.1) is 17.1 Å². The van der Waals surface area contributed by atoms with Crippen LogP contribution in [0.2, 0.25) is 0 Å². The van der Waals surface area contributed by atoms with Crippen molar-refractivity contribution in [1.29, 1.82) is 0 Å². The van der Waals surface area contributed by atoms with Crippen LogP contribution in [-0.4, -0.2) is 21.6 Å². The Bertz CT molecular complexity index is 789. The predicted molar refractivity (Wildman–Crippen MR) is 77.6 cm³/mol. The van der Waals surface area contributed by atoms with E-state index < -0.39 is 15.8 Å². The zero-order chi connectivity index (χ0) is 15.0. The Balaban J connectivity index is 2.12. The maximum Gasteiger partial charge on any atom is 0.264 e. The first-order valence-electron chi connectivity index (χ1n) is 6.51. The van der Waals surface area contributed by atoms with Gasteiger partial charge in [0, 0.05) is 0 Å². The fourth-order valence-electron chi connectivity index (χ4n) is 2.41. The predicted octanol–water partition coefficient (Wildman–Crippen LogP) is 2.72. The first-order chi connectivity index (χ1) is 10.00. The molecule has 2 aromatic rings. The highest BCUT2D eigenvalue weighted by Crippen LogP contribution is 2.35. The minimum Gasteiger partial charge on any atom is -0.489 e. The average molecular weight is 307 g/mol. The number of nitrogens with zero attached hydrogens (tertiary/aromatic N) is 1. The molecule has 0 aliphatic carbocycles. The van der Waals surface area contributed by atoms with Gasteiger partial charge in [-0.25, -0.2) is 12.8 Å². The largest absolute Gasteiger partial charge is 0.489 e. The number of para-hydroxylation sites is 2. The molecule has 0 saturated heterocycles. The van der Waals surface area contributed by atoms with Gasteiger partial charge in [0.1, 0.15) is 18.2 Å². The van der Waals surface area contributed by atoms with Crippen molar-refractivity contribution in [2.45, 2.75) is 11.8 Å². The fourth-order valence-corrected chi connectivity index (χ4v) is 4.08. The second-order valence-electron chi connectivity index (χ2n) is 4.80. The van der Waals surface area contributed by atoms with Gasteiger partial charge in [0.2, 0.25) is 0 Å². The summed E-state index contributed by atoms with van der Waals surface area (Å²) in [5.41, 5.74) is 0.895. The highest BCUT2D eigenvalue weighted by Gasteiger charge is 2.30. The number of hydrogen-bond donors (Lipinski definition) is 0. The molecule has 1 heterocycles. The van der Waals surface area contributed by atoms with Gasteiger partial charge in [0.15, 0.2) is 0 Å². The average Bonchev–Trinajstić information content (AvgIpc) is 2.46. The van der Waals surface area contributed by atoms with Crippen LogP contribution in [0.5, 0.6) is 5.75 Å². The van der Waals surface area contributed by atoms with Crippen molar-refractivity contribution < 1.29 is 17.5 Å². The van der Waals surface area contributed by atoms with Crippen LogP contribution in [0, 0.1) is 12.7 Å². The lowest BCUT2D eigenvalue weighted by Gasteiger charge is -2.30. The minimum absolute atomic E-state index is 0.112. The number of anilines is 1. The van der Waals surface area contributed by atoms with E-state index in [1.807, 2.05) is 0 Å². The number of benzene rings is 2. The molecule has 1 aliphatic heterocycles. The molecule has 6 heteroatoms. The van der Waals surface area contributed by atoms with Crippen LogP contribution >= 0.6 is 0 Å². The Hall–Kier alpha value is -2.08. The van der Waals surface area contributed by atoms with E-state index in [-0.39, 0.29) is 18.0 Å². The zero-order valence-electron chi connectivity index (χ0n) is 11.4. The molecule has 0 spiro atoms. The van der Waals surface area contributed by atoms with Crippen molar-refractivity contribution in [1.82, 2.24) is 0 Å². The van der Waals surface area contributed by atoms with Crippen molar-refractivity contribution >= 4 is 15.7 Å². The summed E-state index contributed by atoms with van der Waals surface area (Å²) < 4.78 is 45.6. The molecule has 3 rings (SSSR count). The fraction of sp³-hybridized carbons (Fsp3) is 0.200. The molecule has 0 bridgehead atoms. The number of fused-ring (bicyclic) bond motifs is 1. The number of rotatable bonds is 2. The van der Waals surface area contributed by atoms with Crippen LogP contribution in [0.25, 0.3) is 0 Å². The van der Waals surface area contributed by atoms with Crippen molar-refractivity contribution in [3.63, 3.8) is 0 Å². The second kappa shape index (κ2) is 5.04. The molecule has 0 fully saturated rings. The molecular weight excluding hydrogens is 293 g/mol. The maximum atomic E-state index is 13.2. The quantitative estimate of drug-likeness (QED) is 0.857. The summed E-state index contributed by atoms with van der Waals surface area (Å²) in [7, 11) is -3.74. The van der Waals surface area contributed by atoms with Gasteiger partial charge in [-0.3, -0.25) is 4.31 Å². The molecule has 1 aliphatic rings. The third-order valence-corrected chi connectivity index (χ3v) is 5.36. The summed E-state index contributed by atoms with van der Waals surface area (Å²) in [5, 5.41) is 0. The highest BCUT2D eigenvalue weighted by atomic mass is 32.2. The highest BCUT2D eigenvalue weighted by molar-refractivity contribution is 7.92. The lowest BCUT2D eigenvalue weighted by molar-refractivity contribution is 0.316. The number of sulfonamides is 1. The van der Waals surface area contributed by atoms with Gasteiger partial charge in [0.25, 0.3) is 10.0 Å². The van der Waals surface area contributed by atoms with Gasteiger partial charge in [-0.1, -0.05) is 12.1 Å². The SMILES string of the molecule is Cc1cc(F)ccc1S(=O)(=O)N1CCOc2ccccc21. The molecule has 110 valence electrons. The molecular formula is C15H14FNO3S. The van der Waals surface area contributed by atoms with Crippen LogP contribution in [0.15, 0.2) is 47.4 Å². The number of ether oxygens (including phenoxy) is 1. The van der Waals surface area contributed by atoms with Crippen molar-refractivity contribution in [3.05, 3.63) is 53.8 Å². The molecule has 2 aromatic carbocycles. The third kappa shape index (κ3) is 2.35. The van der Waals surface area contributed by atoms with E-state index in [9.17, 15) is 12.8 Å². The molecule has 0 atom stereocenters. The second-order valence-corrected chi connectivity index (χ2v) is 6.63. The number of aryl methyl sites for hydroxylation is 1. The zero-order valence-corrected chi connectivity index (χ0v) is 12.2. The summed E-state index contributed by atoms with van der Waals surface area (Å²) in [4.78, 5) is 0.112. The van der Waals surface area contributed by atoms with Gasteiger partial charge in [-0.2, -0.15) is 0 Å². The Kier molecular flexibility index (Phi) is 3.33. The summed E-state index contributed by atoms with van der Waals surface area (Å²) in [6.07, 6.45) is 0. The molecule has 0 unspecified atom stereocenters. The minimum atomic E-state index is -3.74. The van der Waals surface area contributed by atoms with E-state index in [0.717, 1.165) is 6.07 Å². The molecule has 0 N–H and O–H groups in total. The summed E-state index contributed by atoms with van der Waals surface area (Å²) >= 11 is 0. The first kappa shape index (κ1) is 13.9. The van der Waals surface area contributed by atoms with Crippen molar-refractivity contribution in [2.75, 3.05) is 17.5 Å². The van der Waals surface area contributed by atoms with E-state index in [4.69, 9.17) is 4.74 Å². The van der Waals surface area contributed by atoms with E-state index in [0.29, 0.717) is 17.0 Å².